The van der Waals surface area contributed by atoms with Gasteiger partial charge in [0.25, 0.3) is 0 Å². The smallest absolute Gasteiger partial charge is 0.238 e. The molecule has 118 valence electrons. The molecule has 0 spiro atoms. The molecule has 1 aromatic carbocycles. The Bertz CT molecular complexity index is 556. The summed E-state index contributed by atoms with van der Waals surface area (Å²) in [5.41, 5.74) is 1.50. The fourth-order valence-corrected chi connectivity index (χ4v) is 2.23. The van der Waals surface area contributed by atoms with Crippen molar-refractivity contribution in [3.63, 3.8) is 0 Å². The number of benzene rings is 1. The van der Waals surface area contributed by atoms with Crippen LogP contribution in [0.2, 0.25) is 0 Å². The van der Waals surface area contributed by atoms with E-state index in [9.17, 15) is 14.4 Å². The topological polar surface area (TPSA) is 90.5 Å². The first kappa shape index (κ1) is 16.0. The molecule has 0 radical (unpaired) electrons. The number of rotatable bonds is 6. The molecule has 1 aliphatic heterocycles. The average molecular weight is 304 g/mol. The van der Waals surface area contributed by atoms with Crippen LogP contribution in [0.1, 0.15) is 12.8 Å². The first-order valence-corrected chi connectivity index (χ1v) is 7.21. The third-order valence-electron chi connectivity index (χ3n) is 3.39. The molecule has 0 unspecified atom stereocenters. The molecule has 2 rings (SSSR count). The van der Waals surface area contributed by atoms with Crippen molar-refractivity contribution in [1.82, 2.24) is 10.6 Å². The number of anilines is 2. The number of likely N-dealkylation sites (N-methyl/N-ethyl adjacent to an activating group) is 1. The van der Waals surface area contributed by atoms with Crippen LogP contribution in [0.4, 0.5) is 11.4 Å². The minimum absolute atomic E-state index is 0.0553. The first-order chi connectivity index (χ1) is 10.6. The minimum atomic E-state index is -0.228. The highest BCUT2D eigenvalue weighted by Gasteiger charge is 2.21. The van der Waals surface area contributed by atoms with E-state index in [2.05, 4.69) is 16.0 Å². The number of nitrogens with zero attached hydrogens (tertiary/aromatic N) is 1. The Morgan fingerprint density at radius 1 is 1.14 bits per heavy atom. The van der Waals surface area contributed by atoms with Gasteiger partial charge in [-0.2, -0.15) is 0 Å². The summed E-state index contributed by atoms with van der Waals surface area (Å²) < 4.78 is 0. The summed E-state index contributed by atoms with van der Waals surface area (Å²) in [5.74, 6) is -0.267. The lowest BCUT2D eigenvalue weighted by atomic mass is 10.2. The van der Waals surface area contributed by atoms with Gasteiger partial charge in [-0.15, -0.1) is 0 Å². The van der Waals surface area contributed by atoms with Crippen molar-refractivity contribution in [3.05, 3.63) is 24.3 Å². The van der Waals surface area contributed by atoms with Crippen LogP contribution < -0.4 is 20.9 Å². The standard InChI is InChI=1S/C15H20N4O3/c1-16-13(20)9-17-10-14(21)18-11-4-6-12(7-5-11)19-8-2-3-15(19)22/h4-7,17H,2-3,8-10H2,1H3,(H,16,20)(H,18,21). The van der Waals surface area contributed by atoms with E-state index < -0.39 is 0 Å². The number of hydrogen-bond acceptors (Lipinski definition) is 4. The van der Waals surface area contributed by atoms with E-state index >= 15 is 0 Å². The van der Waals surface area contributed by atoms with Crippen LogP contribution in [0.5, 0.6) is 0 Å². The zero-order chi connectivity index (χ0) is 15.9. The van der Waals surface area contributed by atoms with Crippen molar-refractivity contribution in [2.24, 2.45) is 0 Å². The predicted molar refractivity (Wildman–Crippen MR) is 83.6 cm³/mol. The van der Waals surface area contributed by atoms with Gasteiger partial charge in [0.2, 0.25) is 17.7 Å². The zero-order valence-corrected chi connectivity index (χ0v) is 12.5. The van der Waals surface area contributed by atoms with Gasteiger partial charge >= 0.3 is 0 Å². The summed E-state index contributed by atoms with van der Waals surface area (Å²) in [6, 6.07) is 7.16. The maximum atomic E-state index is 11.7. The third kappa shape index (κ3) is 4.29. The van der Waals surface area contributed by atoms with Gasteiger partial charge in [0, 0.05) is 31.4 Å². The Balaban J connectivity index is 1.82. The van der Waals surface area contributed by atoms with Crippen LogP contribution >= 0.6 is 0 Å². The van der Waals surface area contributed by atoms with Gasteiger partial charge < -0.3 is 15.5 Å². The van der Waals surface area contributed by atoms with E-state index in [1.807, 2.05) is 12.1 Å². The highest BCUT2D eigenvalue weighted by atomic mass is 16.2. The van der Waals surface area contributed by atoms with Crippen molar-refractivity contribution in [2.75, 3.05) is 36.9 Å². The van der Waals surface area contributed by atoms with E-state index in [4.69, 9.17) is 0 Å². The van der Waals surface area contributed by atoms with Gasteiger partial charge in [0.15, 0.2) is 0 Å². The summed E-state index contributed by atoms with van der Waals surface area (Å²) in [5, 5.41) is 7.93. The molecule has 0 saturated carbocycles. The predicted octanol–water partition coefficient (Wildman–Crippen LogP) is 0.0875. The van der Waals surface area contributed by atoms with Crippen molar-refractivity contribution in [2.45, 2.75) is 12.8 Å². The number of carbonyl (C=O) groups excluding carboxylic acids is 3. The van der Waals surface area contributed by atoms with Crippen LogP contribution in [-0.4, -0.2) is 44.4 Å². The van der Waals surface area contributed by atoms with E-state index in [1.54, 1.807) is 17.0 Å². The largest absolute Gasteiger partial charge is 0.358 e. The average Bonchev–Trinajstić information content (AvgIpc) is 2.94. The summed E-state index contributed by atoms with van der Waals surface area (Å²) in [6.45, 7) is 0.896. The van der Waals surface area contributed by atoms with Crippen LogP contribution in [0.25, 0.3) is 0 Å². The second-order valence-corrected chi connectivity index (χ2v) is 5.02. The summed E-state index contributed by atoms with van der Waals surface area (Å²) in [4.78, 5) is 36.1. The summed E-state index contributed by atoms with van der Waals surface area (Å²) in [6.07, 6.45) is 1.48. The van der Waals surface area contributed by atoms with Gasteiger partial charge in [-0.25, -0.2) is 0 Å². The summed E-state index contributed by atoms with van der Waals surface area (Å²) in [7, 11) is 1.54. The molecule has 7 heteroatoms. The number of carbonyl (C=O) groups is 3. The Kier molecular flexibility index (Phi) is 5.48. The Morgan fingerprint density at radius 2 is 1.82 bits per heavy atom. The highest BCUT2D eigenvalue weighted by Crippen LogP contribution is 2.22. The molecule has 7 nitrogen and oxygen atoms in total. The normalized spacial score (nSPS) is 14.0. The fraction of sp³-hybridized carbons (Fsp3) is 0.400. The minimum Gasteiger partial charge on any atom is -0.358 e. The van der Waals surface area contributed by atoms with Gasteiger partial charge in [0.1, 0.15) is 0 Å². The third-order valence-corrected chi connectivity index (χ3v) is 3.39. The van der Waals surface area contributed by atoms with Gasteiger partial charge in [-0.1, -0.05) is 0 Å². The fourth-order valence-electron chi connectivity index (χ4n) is 2.23. The first-order valence-electron chi connectivity index (χ1n) is 7.21. The number of nitrogens with one attached hydrogen (secondary N) is 3. The molecule has 0 aliphatic carbocycles. The van der Waals surface area contributed by atoms with Crippen molar-refractivity contribution in [3.8, 4) is 0 Å². The molecule has 1 saturated heterocycles. The van der Waals surface area contributed by atoms with Crippen LogP contribution in [0, 0.1) is 0 Å². The maximum absolute atomic E-state index is 11.7. The molecule has 1 heterocycles. The highest BCUT2D eigenvalue weighted by molar-refractivity contribution is 5.96. The van der Waals surface area contributed by atoms with Gasteiger partial charge in [0.05, 0.1) is 13.1 Å². The van der Waals surface area contributed by atoms with Crippen molar-refractivity contribution >= 4 is 29.1 Å². The molecule has 0 aromatic heterocycles. The monoisotopic (exact) mass is 304 g/mol. The van der Waals surface area contributed by atoms with Crippen molar-refractivity contribution < 1.29 is 14.4 Å². The number of hydrogen-bond donors (Lipinski definition) is 3. The summed E-state index contributed by atoms with van der Waals surface area (Å²) >= 11 is 0. The number of amides is 3. The molecule has 0 atom stereocenters. The maximum Gasteiger partial charge on any atom is 0.238 e. The van der Waals surface area contributed by atoms with E-state index in [0.29, 0.717) is 12.1 Å². The van der Waals surface area contributed by atoms with Crippen LogP contribution in [0.3, 0.4) is 0 Å². The molecule has 3 N–H and O–H groups in total. The Morgan fingerprint density at radius 3 is 2.41 bits per heavy atom. The quantitative estimate of drug-likeness (QED) is 0.694. The SMILES string of the molecule is CNC(=O)CNCC(=O)Nc1ccc(N2CCCC2=O)cc1. The molecule has 1 fully saturated rings. The van der Waals surface area contributed by atoms with E-state index in [0.717, 1.165) is 18.7 Å². The second kappa shape index (κ2) is 7.56. The van der Waals surface area contributed by atoms with Crippen LogP contribution in [-0.2, 0) is 14.4 Å². The molecular weight excluding hydrogens is 284 g/mol. The molecular formula is C15H20N4O3. The van der Waals surface area contributed by atoms with Crippen molar-refractivity contribution in [1.29, 1.82) is 0 Å². The van der Waals surface area contributed by atoms with Crippen LogP contribution in [0.15, 0.2) is 24.3 Å². The Hall–Kier alpha value is -2.41. The molecule has 0 bridgehead atoms. The lowest BCUT2D eigenvalue weighted by molar-refractivity contribution is -0.120. The van der Waals surface area contributed by atoms with Gasteiger partial charge in [-0.05, 0) is 30.7 Å². The van der Waals surface area contributed by atoms with E-state index in [1.165, 1.54) is 7.05 Å². The Labute approximate surface area is 129 Å². The lowest BCUT2D eigenvalue weighted by Gasteiger charge is -2.16. The van der Waals surface area contributed by atoms with E-state index in [-0.39, 0.29) is 30.8 Å². The zero-order valence-electron chi connectivity index (χ0n) is 12.5. The molecule has 1 aromatic rings. The molecule has 3 amide bonds. The second-order valence-electron chi connectivity index (χ2n) is 5.02. The lowest BCUT2D eigenvalue weighted by Crippen LogP contribution is -2.36. The molecule has 22 heavy (non-hydrogen) atoms. The molecule has 1 aliphatic rings. The van der Waals surface area contributed by atoms with Gasteiger partial charge in [-0.3, -0.25) is 19.7 Å².